The van der Waals surface area contributed by atoms with Crippen molar-refractivity contribution in [2.45, 2.75) is 39.0 Å². The molecule has 2 aliphatic rings. The second-order valence-corrected chi connectivity index (χ2v) is 13.3. The van der Waals surface area contributed by atoms with Crippen molar-refractivity contribution < 1.29 is 75.8 Å². The summed E-state index contributed by atoms with van der Waals surface area (Å²) < 4.78 is 15.3. The molecule has 1 fully saturated rings. The SMILES string of the molecule is C1=Cc2ccccc2CC1.C1CO1.OCCN(Cc1ccccc1)Cc1ccccc1.OCCOCCOCCN(Cc1ccccc1)Cc1ccccc1.[K+]. The van der Waals surface area contributed by atoms with Gasteiger partial charge in [0.25, 0.3) is 0 Å². The van der Waals surface area contributed by atoms with E-state index in [1.807, 2.05) is 24.3 Å². The molecule has 0 aromatic heterocycles. The first-order valence-corrected chi connectivity index (χ1v) is 19.5. The van der Waals surface area contributed by atoms with Crippen LogP contribution in [0.2, 0.25) is 0 Å². The van der Waals surface area contributed by atoms with E-state index in [1.165, 1.54) is 46.2 Å². The van der Waals surface area contributed by atoms with Crippen molar-refractivity contribution in [2.75, 3.05) is 65.9 Å². The van der Waals surface area contributed by atoms with Gasteiger partial charge in [0, 0.05) is 39.3 Å². The Morgan fingerprint density at radius 2 is 0.893 bits per heavy atom. The fraction of sp³-hybridized carbons (Fsp3) is 0.333. The first-order chi connectivity index (χ1) is 27.2. The maximum absolute atomic E-state index is 9.15. The van der Waals surface area contributed by atoms with Crippen LogP contribution in [0.25, 0.3) is 6.08 Å². The van der Waals surface area contributed by atoms with Gasteiger partial charge < -0.3 is 24.4 Å². The van der Waals surface area contributed by atoms with Crippen LogP contribution in [-0.2, 0) is 46.8 Å². The number of epoxide rings is 1. The van der Waals surface area contributed by atoms with Gasteiger partial charge in [0.15, 0.2) is 0 Å². The number of aliphatic hydroxyl groups excluding tert-OH is 2. The first kappa shape index (κ1) is 47.6. The Bertz CT molecular complexity index is 1590. The van der Waals surface area contributed by atoms with E-state index in [0.29, 0.717) is 33.0 Å². The third-order valence-corrected chi connectivity index (χ3v) is 8.71. The molecule has 56 heavy (non-hydrogen) atoms. The van der Waals surface area contributed by atoms with Crippen LogP contribution in [0.15, 0.2) is 152 Å². The van der Waals surface area contributed by atoms with Crippen LogP contribution < -0.4 is 51.4 Å². The molecule has 1 saturated heterocycles. The summed E-state index contributed by atoms with van der Waals surface area (Å²) in [4.78, 5) is 4.64. The second kappa shape index (κ2) is 31.2. The van der Waals surface area contributed by atoms with Gasteiger partial charge in [-0.3, -0.25) is 9.80 Å². The van der Waals surface area contributed by atoms with Crippen molar-refractivity contribution in [1.29, 1.82) is 0 Å². The first-order valence-electron chi connectivity index (χ1n) is 19.5. The molecule has 0 spiro atoms. The normalized spacial score (nSPS) is 12.1. The number of benzene rings is 5. The van der Waals surface area contributed by atoms with Crippen LogP contribution in [0.1, 0.15) is 39.8 Å². The van der Waals surface area contributed by atoms with E-state index in [1.54, 1.807) is 0 Å². The molecule has 5 aromatic rings. The molecule has 1 heterocycles. The molecule has 7 rings (SSSR count). The van der Waals surface area contributed by atoms with Crippen molar-refractivity contribution >= 4 is 6.08 Å². The zero-order chi connectivity index (χ0) is 38.4. The maximum Gasteiger partial charge on any atom is 1.00 e. The number of hydrogen-bond donors (Lipinski definition) is 2. The molecular formula is C48H60KN2O5+. The Balaban J connectivity index is 0.000000229. The van der Waals surface area contributed by atoms with E-state index >= 15 is 0 Å². The van der Waals surface area contributed by atoms with Gasteiger partial charge in [-0.25, -0.2) is 0 Å². The Hall–Kier alpha value is -2.80. The van der Waals surface area contributed by atoms with E-state index in [4.69, 9.17) is 19.7 Å². The molecule has 0 saturated carbocycles. The zero-order valence-electron chi connectivity index (χ0n) is 33.3. The Morgan fingerprint density at radius 3 is 1.30 bits per heavy atom. The average molecular weight is 784 g/mol. The number of aliphatic hydroxyl groups is 2. The third-order valence-electron chi connectivity index (χ3n) is 8.71. The minimum absolute atomic E-state index is 0. The van der Waals surface area contributed by atoms with Crippen LogP contribution >= 0.6 is 0 Å². The third kappa shape index (κ3) is 22.2. The summed E-state index contributed by atoms with van der Waals surface area (Å²) in [5.74, 6) is 0. The largest absolute Gasteiger partial charge is 1.00 e. The molecule has 1 aliphatic carbocycles. The number of rotatable bonds is 18. The number of allylic oxidation sites excluding steroid dienone is 1. The van der Waals surface area contributed by atoms with Gasteiger partial charge in [-0.2, -0.15) is 0 Å². The molecule has 7 nitrogen and oxygen atoms in total. The van der Waals surface area contributed by atoms with Crippen molar-refractivity contribution in [3.8, 4) is 0 Å². The molecular weight excluding hydrogens is 724 g/mol. The molecule has 292 valence electrons. The van der Waals surface area contributed by atoms with Crippen LogP contribution in [0.3, 0.4) is 0 Å². The van der Waals surface area contributed by atoms with Gasteiger partial charge in [0.1, 0.15) is 0 Å². The van der Waals surface area contributed by atoms with Gasteiger partial charge in [-0.15, -0.1) is 0 Å². The van der Waals surface area contributed by atoms with Gasteiger partial charge >= 0.3 is 51.4 Å². The molecule has 5 aromatic carbocycles. The summed E-state index contributed by atoms with van der Waals surface area (Å²) in [5.41, 5.74) is 8.06. The van der Waals surface area contributed by atoms with Crippen LogP contribution in [0, 0.1) is 0 Å². The molecule has 0 bridgehead atoms. The van der Waals surface area contributed by atoms with E-state index in [-0.39, 0.29) is 64.6 Å². The van der Waals surface area contributed by atoms with Crippen molar-refractivity contribution in [1.82, 2.24) is 9.80 Å². The molecule has 2 N–H and O–H groups in total. The standard InChI is InChI=1S/C20H27NO3.C16H19NO.C10H10.C2H4O.K/c22-12-14-24-16-15-23-13-11-21(17-19-7-3-1-4-8-19)18-20-9-5-2-6-10-20;18-12-11-17(13-15-7-3-1-4-8-15)14-16-9-5-2-6-10-16;1-2-6-10-8-4-3-7-9(10)5-1;1-2-3-1;/h1-10,22H,11-18H2;1-10,18H,11-14H2;1-3,5-7H,4,8H2;1-2H2;/q;;;;+1. The molecule has 1 aliphatic heterocycles. The minimum Gasteiger partial charge on any atom is -0.395 e. The predicted molar refractivity (Wildman–Crippen MR) is 224 cm³/mol. The molecule has 0 radical (unpaired) electrons. The summed E-state index contributed by atoms with van der Waals surface area (Å²) >= 11 is 0. The number of hydrogen-bond acceptors (Lipinski definition) is 7. The van der Waals surface area contributed by atoms with Crippen molar-refractivity contribution in [2.24, 2.45) is 0 Å². The Kier molecular flexibility index (Phi) is 26.5. The number of ether oxygens (including phenoxy) is 3. The smallest absolute Gasteiger partial charge is 0.395 e. The van der Waals surface area contributed by atoms with E-state index in [2.05, 4.69) is 148 Å². The monoisotopic (exact) mass is 783 g/mol. The summed E-state index contributed by atoms with van der Waals surface area (Å²) in [5, 5.41) is 17.8. The predicted octanol–water partition coefficient (Wildman–Crippen LogP) is 5.06. The van der Waals surface area contributed by atoms with E-state index in [9.17, 15) is 0 Å². The summed E-state index contributed by atoms with van der Waals surface area (Å²) in [6.45, 7) is 9.49. The zero-order valence-corrected chi connectivity index (χ0v) is 36.5. The summed E-state index contributed by atoms with van der Waals surface area (Å²) in [6, 6.07) is 50.3. The number of fused-ring (bicyclic) bond motifs is 1. The van der Waals surface area contributed by atoms with Crippen LogP contribution in [-0.4, -0.2) is 86.0 Å². The summed E-state index contributed by atoms with van der Waals surface area (Å²) in [6.07, 6.45) is 6.87. The molecule has 0 unspecified atom stereocenters. The Morgan fingerprint density at radius 1 is 0.482 bits per heavy atom. The second-order valence-electron chi connectivity index (χ2n) is 13.3. The number of aryl methyl sites for hydroxylation is 1. The average Bonchev–Trinajstić information content (AvgIpc) is 4.13. The van der Waals surface area contributed by atoms with Gasteiger partial charge in [-0.1, -0.05) is 158 Å². The Labute approximate surface area is 378 Å². The van der Waals surface area contributed by atoms with Crippen molar-refractivity contribution in [3.63, 3.8) is 0 Å². The van der Waals surface area contributed by atoms with Crippen LogP contribution in [0.4, 0.5) is 0 Å². The fourth-order valence-corrected chi connectivity index (χ4v) is 5.89. The topological polar surface area (TPSA) is 77.9 Å². The van der Waals surface area contributed by atoms with E-state index in [0.717, 1.165) is 45.9 Å². The summed E-state index contributed by atoms with van der Waals surface area (Å²) in [7, 11) is 0. The fourth-order valence-electron chi connectivity index (χ4n) is 5.89. The molecule has 8 heteroatoms. The minimum atomic E-state index is 0. The van der Waals surface area contributed by atoms with Gasteiger partial charge in [0.2, 0.25) is 0 Å². The molecule has 0 atom stereocenters. The van der Waals surface area contributed by atoms with Gasteiger partial charge in [0.05, 0.1) is 52.9 Å². The maximum atomic E-state index is 9.15. The van der Waals surface area contributed by atoms with Crippen molar-refractivity contribution in [3.05, 3.63) is 185 Å². The van der Waals surface area contributed by atoms with E-state index < -0.39 is 0 Å². The van der Waals surface area contributed by atoms with Gasteiger partial charge in [-0.05, 0) is 46.2 Å². The number of nitrogens with zero attached hydrogens (tertiary/aromatic N) is 2. The van der Waals surface area contributed by atoms with Crippen LogP contribution in [0.5, 0.6) is 0 Å². The quantitative estimate of drug-likeness (QED) is 0.0732. The molecule has 0 amide bonds.